The lowest BCUT2D eigenvalue weighted by atomic mass is 10.2. The third kappa shape index (κ3) is 5.48. The van der Waals surface area contributed by atoms with Crippen molar-refractivity contribution in [3.63, 3.8) is 0 Å². The van der Waals surface area contributed by atoms with Gasteiger partial charge in [-0.25, -0.2) is 4.79 Å². The number of hydrogen-bond acceptors (Lipinski definition) is 6. The summed E-state index contributed by atoms with van der Waals surface area (Å²) in [6.07, 6.45) is 1.98. The summed E-state index contributed by atoms with van der Waals surface area (Å²) in [7, 11) is 0. The molecule has 9 nitrogen and oxygen atoms in total. The zero-order valence-corrected chi connectivity index (χ0v) is 19.5. The van der Waals surface area contributed by atoms with Crippen molar-refractivity contribution in [3.8, 4) is 5.75 Å². The molecule has 10 heteroatoms. The number of aryl methyl sites for hydroxylation is 1. The number of hydrogen-bond donors (Lipinski definition) is 2. The number of halogens is 1. The molecular weight excluding hydrogens is 448 g/mol. The minimum Gasteiger partial charge on any atom is -0.481 e. The van der Waals surface area contributed by atoms with Gasteiger partial charge in [0, 0.05) is 11.6 Å². The molecule has 1 aromatic carbocycles. The molecule has 2 aromatic heterocycles. The van der Waals surface area contributed by atoms with Crippen LogP contribution in [-0.4, -0.2) is 21.6 Å². The molecule has 3 rings (SSSR count). The highest BCUT2D eigenvalue weighted by Crippen LogP contribution is 2.25. The Kier molecular flexibility index (Phi) is 7.65. The Morgan fingerprint density at radius 2 is 2.09 bits per heavy atom. The van der Waals surface area contributed by atoms with Gasteiger partial charge in [-0.3, -0.25) is 24.0 Å². The molecule has 33 heavy (non-hydrogen) atoms. The Labute approximate surface area is 195 Å². The van der Waals surface area contributed by atoms with E-state index in [1.165, 1.54) is 15.7 Å². The number of carbonyl (C=O) groups is 1. The number of anilines is 2. The molecule has 0 spiro atoms. The second-order valence-corrected chi connectivity index (χ2v) is 8.11. The number of aromatic amines is 1. The minimum atomic E-state index is -0.977. The number of nitrogens with one attached hydrogen (secondary N) is 1. The summed E-state index contributed by atoms with van der Waals surface area (Å²) < 4.78 is 12.5. The van der Waals surface area contributed by atoms with E-state index in [-0.39, 0.29) is 18.1 Å². The smallest absolute Gasteiger partial charge is 0.330 e. The number of nitrogens with two attached hydrogens (primary N) is 1. The molecule has 1 unspecified atom stereocenters. The van der Waals surface area contributed by atoms with Crippen LogP contribution in [0.25, 0.3) is 0 Å². The first kappa shape index (κ1) is 24.2. The van der Waals surface area contributed by atoms with E-state index in [0.29, 0.717) is 29.5 Å². The van der Waals surface area contributed by atoms with Crippen LogP contribution in [-0.2, 0) is 17.9 Å². The van der Waals surface area contributed by atoms with Crippen molar-refractivity contribution in [1.29, 1.82) is 0 Å². The standard InChI is InChI=1S/C23H27ClN4O5/c1-4-5-10-27-20(25)19(21(29)26-23(27)31)28(13-17-7-6-11-32-17)22(30)15(3)33-18-9-8-16(24)12-14(18)2/h6-9,11-12,15H,4-5,10,13,25H2,1-3H3,(H,26,29,31). The van der Waals surface area contributed by atoms with E-state index >= 15 is 0 Å². The van der Waals surface area contributed by atoms with Crippen molar-refractivity contribution >= 4 is 29.0 Å². The van der Waals surface area contributed by atoms with E-state index in [0.717, 1.165) is 12.0 Å². The van der Waals surface area contributed by atoms with Crippen molar-refractivity contribution < 1.29 is 13.9 Å². The predicted octanol–water partition coefficient (Wildman–Crippen LogP) is 3.47. The molecule has 0 aliphatic rings. The Morgan fingerprint density at radius 1 is 1.33 bits per heavy atom. The highest BCUT2D eigenvalue weighted by atomic mass is 35.5. The molecule has 2 heterocycles. The summed E-state index contributed by atoms with van der Waals surface area (Å²) in [6.45, 7) is 5.59. The third-order valence-electron chi connectivity index (χ3n) is 5.17. The summed E-state index contributed by atoms with van der Waals surface area (Å²) in [6, 6.07) is 8.40. The van der Waals surface area contributed by atoms with Crippen LogP contribution in [0.5, 0.6) is 5.75 Å². The van der Waals surface area contributed by atoms with Gasteiger partial charge in [-0.05, 0) is 56.2 Å². The largest absolute Gasteiger partial charge is 0.481 e. The van der Waals surface area contributed by atoms with E-state index in [9.17, 15) is 14.4 Å². The van der Waals surface area contributed by atoms with Crippen LogP contribution in [0.3, 0.4) is 0 Å². The van der Waals surface area contributed by atoms with E-state index in [4.69, 9.17) is 26.5 Å². The monoisotopic (exact) mass is 474 g/mol. The number of furan rings is 1. The topological polar surface area (TPSA) is 124 Å². The highest BCUT2D eigenvalue weighted by Gasteiger charge is 2.30. The van der Waals surface area contributed by atoms with Crippen LogP contribution in [0, 0.1) is 6.92 Å². The summed E-state index contributed by atoms with van der Waals surface area (Å²) in [4.78, 5) is 42.1. The number of amides is 1. The molecule has 1 atom stereocenters. The Hall–Kier alpha value is -3.46. The Bertz CT molecular complexity index is 1230. The molecule has 0 saturated carbocycles. The van der Waals surface area contributed by atoms with E-state index in [1.54, 1.807) is 37.3 Å². The van der Waals surface area contributed by atoms with Gasteiger partial charge in [0.25, 0.3) is 11.5 Å². The maximum absolute atomic E-state index is 13.5. The number of ether oxygens (including phenoxy) is 1. The predicted molar refractivity (Wildman–Crippen MR) is 127 cm³/mol. The first-order valence-corrected chi connectivity index (χ1v) is 11.0. The number of aromatic nitrogens is 2. The number of H-pyrrole nitrogens is 1. The van der Waals surface area contributed by atoms with Crippen LogP contribution in [0.1, 0.15) is 38.0 Å². The van der Waals surface area contributed by atoms with Crippen molar-refractivity contribution in [2.75, 3.05) is 10.6 Å². The van der Waals surface area contributed by atoms with Gasteiger partial charge in [-0.1, -0.05) is 24.9 Å². The van der Waals surface area contributed by atoms with E-state index < -0.39 is 23.3 Å². The number of nitrogens with zero attached hydrogens (tertiary/aromatic N) is 2. The van der Waals surface area contributed by atoms with Crippen LogP contribution < -0.4 is 26.6 Å². The van der Waals surface area contributed by atoms with Crippen molar-refractivity contribution in [2.24, 2.45) is 0 Å². The van der Waals surface area contributed by atoms with Crippen molar-refractivity contribution in [1.82, 2.24) is 9.55 Å². The number of carbonyl (C=O) groups excluding carboxylic acids is 1. The molecule has 0 saturated heterocycles. The summed E-state index contributed by atoms with van der Waals surface area (Å²) in [5, 5.41) is 0.548. The third-order valence-corrected chi connectivity index (χ3v) is 5.40. The second-order valence-electron chi connectivity index (χ2n) is 7.67. The molecule has 0 aliphatic carbocycles. The van der Waals surface area contributed by atoms with Crippen LogP contribution >= 0.6 is 11.6 Å². The fourth-order valence-corrected chi connectivity index (χ4v) is 3.63. The number of nitrogen functional groups attached to an aromatic ring is 1. The zero-order valence-electron chi connectivity index (χ0n) is 18.8. The average Bonchev–Trinajstić information content (AvgIpc) is 3.27. The summed E-state index contributed by atoms with van der Waals surface area (Å²) >= 11 is 6.00. The fourth-order valence-electron chi connectivity index (χ4n) is 3.41. The molecule has 0 aliphatic heterocycles. The zero-order chi connectivity index (χ0) is 24.1. The molecule has 0 bridgehead atoms. The average molecular weight is 475 g/mol. The quantitative estimate of drug-likeness (QED) is 0.489. The molecule has 176 valence electrons. The fraction of sp³-hybridized carbons (Fsp3) is 0.348. The van der Waals surface area contributed by atoms with Crippen LogP contribution in [0.15, 0.2) is 50.6 Å². The van der Waals surface area contributed by atoms with Gasteiger partial charge in [0.1, 0.15) is 17.3 Å². The van der Waals surface area contributed by atoms with Gasteiger partial charge < -0.3 is 14.9 Å². The lowest BCUT2D eigenvalue weighted by molar-refractivity contribution is -0.124. The number of unbranched alkanes of at least 4 members (excludes halogenated alkanes) is 1. The summed E-state index contributed by atoms with van der Waals surface area (Å²) in [5.41, 5.74) is 5.49. The second kappa shape index (κ2) is 10.4. The number of benzene rings is 1. The van der Waals surface area contributed by atoms with Gasteiger partial charge in [0.15, 0.2) is 11.8 Å². The van der Waals surface area contributed by atoms with E-state index in [2.05, 4.69) is 4.98 Å². The highest BCUT2D eigenvalue weighted by molar-refractivity contribution is 6.30. The molecular formula is C23H27ClN4O5. The normalized spacial score (nSPS) is 11.9. The number of rotatable bonds is 9. The van der Waals surface area contributed by atoms with Crippen molar-refractivity contribution in [2.45, 2.75) is 52.8 Å². The van der Waals surface area contributed by atoms with Gasteiger partial charge in [0.05, 0.1) is 12.8 Å². The molecule has 0 fully saturated rings. The SMILES string of the molecule is CCCCn1c(N)c(N(Cc2ccco2)C(=O)C(C)Oc2ccc(Cl)cc2C)c(=O)[nH]c1=O. The molecule has 3 N–H and O–H groups in total. The first-order valence-electron chi connectivity index (χ1n) is 10.6. The molecule has 0 radical (unpaired) electrons. The van der Waals surface area contributed by atoms with Crippen LogP contribution in [0.4, 0.5) is 11.5 Å². The maximum Gasteiger partial charge on any atom is 0.330 e. The van der Waals surface area contributed by atoms with Crippen LogP contribution in [0.2, 0.25) is 5.02 Å². The lowest BCUT2D eigenvalue weighted by Crippen LogP contribution is -2.45. The lowest BCUT2D eigenvalue weighted by Gasteiger charge is -2.27. The summed E-state index contributed by atoms with van der Waals surface area (Å²) in [5.74, 6) is 0.293. The van der Waals surface area contributed by atoms with E-state index in [1.807, 2.05) is 13.8 Å². The molecule has 1 amide bonds. The van der Waals surface area contributed by atoms with Gasteiger partial charge in [-0.2, -0.15) is 0 Å². The van der Waals surface area contributed by atoms with Gasteiger partial charge >= 0.3 is 5.69 Å². The van der Waals surface area contributed by atoms with Gasteiger partial charge in [-0.15, -0.1) is 0 Å². The first-order chi connectivity index (χ1) is 15.7. The Balaban J connectivity index is 2.02. The molecule has 3 aromatic rings. The Morgan fingerprint density at radius 3 is 2.73 bits per heavy atom. The van der Waals surface area contributed by atoms with Gasteiger partial charge in [0.2, 0.25) is 0 Å². The van der Waals surface area contributed by atoms with Crippen molar-refractivity contribution in [3.05, 3.63) is 73.8 Å². The maximum atomic E-state index is 13.5. The minimum absolute atomic E-state index is 0.0710.